The number of benzene rings is 1. The van der Waals surface area contributed by atoms with Crippen molar-refractivity contribution in [2.45, 2.75) is 6.54 Å². The maximum absolute atomic E-state index is 13.5. The van der Waals surface area contributed by atoms with E-state index < -0.39 is 0 Å². The summed E-state index contributed by atoms with van der Waals surface area (Å²) in [6, 6.07) is 6.53. The van der Waals surface area contributed by atoms with E-state index in [1.807, 2.05) is 31.4 Å². The molecule has 1 aromatic carbocycles. The smallest absolute Gasteiger partial charge is 0.224 e. The molecule has 2 heterocycles. The summed E-state index contributed by atoms with van der Waals surface area (Å²) in [5.74, 6) is 0.751. The molecule has 0 radical (unpaired) electrons. The fraction of sp³-hybridized carbons (Fsp3) is 0.474. The topological polar surface area (TPSA) is 44.7 Å². The third kappa shape index (κ3) is 5.12. The highest BCUT2D eigenvalue weighted by Crippen LogP contribution is 2.15. The van der Waals surface area contributed by atoms with Gasteiger partial charge in [-0.1, -0.05) is 12.1 Å². The Bertz CT molecular complexity index is 687. The summed E-state index contributed by atoms with van der Waals surface area (Å²) >= 11 is 0. The van der Waals surface area contributed by atoms with E-state index in [1.165, 1.54) is 6.07 Å². The number of aromatic nitrogens is 2. The molecule has 1 aromatic heterocycles. The van der Waals surface area contributed by atoms with E-state index in [0.717, 1.165) is 50.8 Å². The van der Waals surface area contributed by atoms with E-state index in [2.05, 4.69) is 19.8 Å². The van der Waals surface area contributed by atoms with Crippen LogP contribution in [0.25, 0.3) is 0 Å². The highest BCUT2D eigenvalue weighted by Gasteiger charge is 2.17. The molecule has 6 nitrogen and oxygen atoms in total. The van der Waals surface area contributed by atoms with E-state index in [9.17, 15) is 4.39 Å². The van der Waals surface area contributed by atoms with E-state index in [4.69, 9.17) is 4.74 Å². The first kappa shape index (κ1) is 18.5. The van der Waals surface area contributed by atoms with Crippen molar-refractivity contribution in [3.8, 4) is 5.75 Å². The molecule has 0 saturated carbocycles. The van der Waals surface area contributed by atoms with Gasteiger partial charge in [-0.25, -0.2) is 14.4 Å². The van der Waals surface area contributed by atoms with Crippen LogP contribution in [-0.4, -0.2) is 73.2 Å². The molecule has 1 aliphatic heterocycles. The van der Waals surface area contributed by atoms with Crippen LogP contribution in [0.4, 0.5) is 10.3 Å². The van der Waals surface area contributed by atoms with Gasteiger partial charge in [0.2, 0.25) is 5.95 Å². The molecule has 0 aliphatic carbocycles. The maximum Gasteiger partial charge on any atom is 0.224 e. The summed E-state index contributed by atoms with van der Waals surface area (Å²) in [4.78, 5) is 15.4. The minimum Gasteiger partial charge on any atom is -0.489 e. The molecular formula is C19H26FN5O. The second-order valence-corrected chi connectivity index (χ2v) is 6.68. The standard InChI is InChI=1S/C19H26FN5O/c1-23(2)19-21-13-16(14-22-19)15-25-9-7-24(8-10-25)11-12-26-18-6-4-3-5-17(18)20/h3-6,13-14H,7-12,15H2,1-2H3. The first-order valence-electron chi connectivity index (χ1n) is 8.92. The normalized spacial score (nSPS) is 15.8. The number of ether oxygens (including phenoxy) is 1. The summed E-state index contributed by atoms with van der Waals surface area (Å²) in [5, 5.41) is 0. The van der Waals surface area contributed by atoms with E-state index in [1.54, 1.807) is 18.2 Å². The van der Waals surface area contributed by atoms with Crippen LogP contribution in [0.3, 0.4) is 0 Å². The molecule has 7 heteroatoms. The molecule has 0 unspecified atom stereocenters. The largest absolute Gasteiger partial charge is 0.489 e. The number of anilines is 1. The Hall–Kier alpha value is -2.25. The summed E-state index contributed by atoms with van der Waals surface area (Å²) in [6.07, 6.45) is 3.80. The minimum absolute atomic E-state index is 0.306. The number of hydrogen-bond acceptors (Lipinski definition) is 6. The molecule has 0 bridgehead atoms. The monoisotopic (exact) mass is 359 g/mol. The van der Waals surface area contributed by atoms with Crippen LogP contribution in [0.5, 0.6) is 5.75 Å². The fourth-order valence-corrected chi connectivity index (χ4v) is 2.94. The molecule has 0 N–H and O–H groups in total. The predicted octanol–water partition coefficient (Wildman–Crippen LogP) is 1.88. The molecule has 1 aliphatic rings. The van der Waals surface area contributed by atoms with Gasteiger partial charge in [0.05, 0.1) is 0 Å². The zero-order valence-electron chi connectivity index (χ0n) is 15.4. The Kier molecular flexibility index (Phi) is 6.35. The summed E-state index contributed by atoms with van der Waals surface area (Å²) in [7, 11) is 3.87. The Labute approximate surface area is 154 Å². The van der Waals surface area contributed by atoms with Crippen molar-refractivity contribution >= 4 is 5.95 Å². The van der Waals surface area contributed by atoms with E-state index >= 15 is 0 Å². The van der Waals surface area contributed by atoms with Gasteiger partial charge in [0.25, 0.3) is 0 Å². The Morgan fingerprint density at radius 1 is 1.04 bits per heavy atom. The van der Waals surface area contributed by atoms with Crippen molar-refractivity contribution in [3.63, 3.8) is 0 Å². The van der Waals surface area contributed by atoms with Gasteiger partial charge in [-0.3, -0.25) is 9.80 Å². The molecule has 0 amide bonds. The first-order chi connectivity index (χ1) is 12.6. The van der Waals surface area contributed by atoms with E-state index in [0.29, 0.717) is 12.4 Å². The van der Waals surface area contributed by atoms with Crippen LogP contribution in [0.1, 0.15) is 5.56 Å². The zero-order valence-corrected chi connectivity index (χ0v) is 15.4. The summed E-state index contributed by atoms with van der Waals surface area (Å²) in [5.41, 5.74) is 1.13. The Morgan fingerprint density at radius 3 is 2.35 bits per heavy atom. The number of halogens is 1. The van der Waals surface area contributed by atoms with Gasteiger partial charge in [-0.2, -0.15) is 0 Å². The molecule has 26 heavy (non-hydrogen) atoms. The van der Waals surface area contributed by atoms with Gasteiger partial charge in [0.1, 0.15) is 6.61 Å². The molecule has 2 aromatic rings. The Balaban J connectivity index is 1.38. The van der Waals surface area contributed by atoms with Gasteiger partial charge in [-0.15, -0.1) is 0 Å². The quantitative estimate of drug-likeness (QED) is 0.752. The van der Waals surface area contributed by atoms with Gasteiger partial charge < -0.3 is 9.64 Å². The number of piperazine rings is 1. The predicted molar refractivity (Wildman–Crippen MR) is 100.0 cm³/mol. The lowest BCUT2D eigenvalue weighted by molar-refractivity contribution is 0.111. The average molecular weight is 359 g/mol. The first-order valence-corrected chi connectivity index (χ1v) is 8.92. The van der Waals surface area contributed by atoms with Crippen molar-refractivity contribution in [2.24, 2.45) is 0 Å². The van der Waals surface area contributed by atoms with Crippen LogP contribution in [-0.2, 0) is 6.54 Å². The van der Waals surface area contributed by atoms with Crippen LogP contribution in [0.15, 0.2) is 36.7 Å². The van der Waals surface area contributed by atoms with E-state index in [-0.39, 0.29) is 5.82 Å². The summed E-state index contributed by atoms with van der Waals surface area (Å²) in [6.45, 7) is 6.13. The fourth-order valence-electron chi connectivity index (χ4n) is 2.94. The third-order valence-corrected chi connectivity index (χ3v) is 4.46. The molecule has 1 fully saturated rings. The lowest BCUT2D eigenvalue weighted by Gasteiger charge is -2.34. The summed E-state index contributed by atoms with van der Waals surface area (Å²) < 4.78 is 19.1. The van der Waals surface area contributed by atoms with Gasteiger partial charge in [0, 0.05) is 71.3 Å². The highest BCUT2D eigenvalue weighted by molar-refractivity contribution is 5.26. The number of rotatable bonds is 7. The van der Waals surface area contributed by atoms with Gasteiger partial charge in [-0.05, 0) is 12.1 Å². The highest BCUT2D eigenvalue weighted by atomic mass is 19.1. The Morgan fingerprint density at radius 2 is 1.69 bits per heavy atom. The third-order valence-electron chi connectivity index (χ3n) is 4.46. The van der Waals surface area contributed by atoms with Crippen molar-refractivity contribution < 1.29 is 9.13 Å². The van der Waals surface area contributed by atoms with Crippen molar-refractivity contribution in [2.75, 3.05) is 58.3 Å². The lowest BCUT2D eigenvalue weighted by Crippen LogP contribution is -2.47. The average Bonchev–Trinajstić information content (AvgIpc) is 2.65. The van der Waals surface area contributed by atoms with Crippen LogP contribution in [0.2, 0.25) is 0 Å². The SMILES string of the molecule is CN(C)c1ncc(CN2CCN(CCOc3ccccc3F)CC2)cn1. The van der Waals surface area contributed by atoms with Crippen LogP contribution in [0, 0.1) is 5.82 Å². The maximum atomic E-state index is 13.5. The molecule has 1 saturated heterocycles. The molecule has 0 spiro atoms. The number of hydrogen-bond donors (Lipinski definition) is 0. The molecular weight excluding hydrogens is 333 g/mol. The molecule has 140 valence electrons. The van der Waals surface area contributed by atoms with Crippen molar-refractivity contribution in [1.29, 1.82) is 0 Å². The zero-order chi connectivity index (χ0) is 18.4. The second-order valence-electron chi connectivity index (χ2n) is 6.68. The van der Waals surface area contributed by atoms with Crippen LogP contribution >= 0.6 is 0 Å². The second kappa shape index (κ2) is 8.91. The molecule has 0 atom stereocenters. The van der Waals surface area contributed by atoms with Gasteiger partial charge in [0.15, 0.2) is 11.6 Å². The lowest BCUT2D eigenvalue weighted by atomic mass is 10.2. The van der Waals surface area contributed by atoms with Crippen molar-refractivity contribution in [3.05, 3.63) is 48.0 Å². The minimum atomic E-state index is -0.306. The molecule has 3 rings (SSSR count). The van der Waals surface area contributed by atoms with Gasteiger partial charge >= 0.3 is 0 Å². The number of para-hydroxylation sites is 1. The number of nitrogens with zero attached hydrogens (tertiary/aromatic N) is 5. The van der Waals surface area contributed by atoms with Crippen LogP contribution < -0.4 is 9.64 Å². The van der Waals surface area contributed by atoms with Crippen molar-refractivity contribution in [1.82, 2.24) is 19.8 Å².